The number of urea groups is 1. The first-order valence-electron chi connectivity index (χ1n) is 6.09. The van der Waals surface area contributed by atoms with E-state index in [-0.39, 0.29) is 24.5 Å². The molecular formula is C13H20ClN3O2. The lowest BCUT2D eigenvalue weighted by atomic mass is 10.1. The maximum absolute atomic E-state index is 11.8. The number of nitrogens with one attached hydrogen (secondary N) is 3. The van der Waals surface area contributed by atoms with Gasteiger partial charge in [0.2, 0.25) is 0 Å². The van der Waals surface area contributed by atoms with Crippen LogP contribution < -0.4 is 16.0 Å². The number of β-amino-alcohol motifs (C(OH)–C–C–N with tert-alkyl or cyclic N) is 1. The summed E-state index contributed by atoms with van der Waals surface area (Å²) in [5, 5.41) is 18.1. The van der Waals surface area contributed by atoms with Gasteiger partial charge in [0, 0.05) is 18.8 Å². The molecule has 1 heterocycles. The van der Waals surface area contributed by atoms with Crippen LogP contribution in [0.4, 0.5) is 10.5 Å². The third kappa shape index (κ3) is 4.38. The Labute approximate surface area is 119 Å². The van der Waals surface area contributed by atoms with Gasteiger partial charge in [-0.2, -0.15) is 0 Å². The smallest absolute Gasteiger partial charge is 0.319 e. The maximum Gasteiger partial charge on any atom is 0.319 e. The van der Waals surface area contributed by atoms with Gasteiger partial charge in [-0.3, -0.25) is 0 Å². The van der Waals surface area contributed by atoms with E-state index in [1.807, 2.05) is 32.0 Å². The summed E-state index contributed by atoms with van der Waals surface area (Å²) in [6.45, 7) is 5.09. The van der Waals surface area contributed by atoms with Crippen LogP contribution in [0.1, 0.15) is 11.1 Å². The summed E-state index contributed by atoms with van der Waals surface area (Å²) in [6.07, 6.45) is -0.519. The summed E-state index contributed by atoms with van der Waals surface area (Å²) in [4.78, 5) is 11.8. The highest BCUT2D eigenvalue weighted by Crippen LogP contribution is 2.13. The predicted octanol–water partition coefficient (Wildman–Crippen LogP) is 1.18. The van der Waals surface area contributed by atoms with Crippen molar-refractivity contribution in [3.05, 3.63) is 29.3 Å². The van der Waals surface area contributed by atoms with E-state index in [1.54, 1.807) is 0 Å². The fourth-order valence-electron chi connectivity index (χ4n) is 2.19. The molecule has 0 aromatic heterocycles. The number of halogens is 1. The summed E-state index contributed by atoms with van der Waals surface area (Å²) in [5.41, 5.74) is 2.98. The largest absolute Gasteiger partial charge is 0.390 e. The van der Waals surface area contributed by atoms with Crippen molar-refractivity contribution in [1.82, 2.24) is 10.6 Å². The number of aliphatic hydroxyl groups excluding tert-OH is 1. The van der Waals surface area contributed by atoms with E-state index in [4.69, 9.17) is 0 Å². The van der Waals surface area contributed by atoms with Crippen LogP contribution in [0, 0.1) is 13.8 Å². The molecule has 1 aliphatic heterocycles. The fourth-order valence-corrected chi connectivity index (χ4v) is 2.19. The molecule has 1 aromatic carbocycles. The monoisotopic (exact) mass is 285 g/mol. The molecule has 0 radical (unpaired) electrons. The van der Waals surface area contributed by atoms with Crippen LogP contribution >= 0.6 is 12.4 Å². The van der Waals surface area contributed by atoms with Crippen molar-refractivity contribution in [2.45, 2.75) is 26.0 Å². The highest BCUT2D eigenvalue weighted by molar-refractivity contribution is 5.89. The topological polar surface area (TPSA) is 73.4 Å². The first-order chi connectivity index (χ1) is 8.54. The summed E-state index contributed by atoms with van der Waals surface area (Å²) in [5.74, 6) is 0. The Morgan fingerprint density at radius 1 is 1.26 bits per heavy atom. The minimum atomic E-state index is -0.519. The lowest BCUT2D eigenvalue weighted by Crippen LogP contribution is -2.44. The van der Waals surface area contributed by atoms with E-state index in [2.05, 4.69) is 16.0 Å². The lowest BCUT2D eigenvalue weighted by molar-refractivity contribution is 0.164. The van der Waals surface area contributed by atoms with Crippen molar-refractivity contribution >= 4 is 24.1 Å². The summed E-state index contributed by atoms with van der Waals surface area (Å²) in [6, 6.07) is 5.36. The van der Waals surface area contributed by atoms with Gasteiger partial charge in [-0.1, -0.05) is 6.07 Å². The summed E-state index contributed by atoms with van der Waals surface area (Å²) >= 11 is 0. The standard InChI is InChI=1S/C13H19N3O2.ClH/c1-8-3-9(2)5-10(4-8)15-13(18)16-11-6-14-7-12(11)17;/h3-5,11-12,14,17H,6-7H2,1-2H3,(H2,15,16,18);1H/t11-,12-;/m1./s1. The van der Waals surface area contributed by atoms with E-state index in [0.717, 1.165) is 16.8 Å². The van der Waals surface area contributed by atoms with Crippen LogP contribution in [0.15, 0.2) is 18.2 Å². The number of aliphatic hydroxyl groups is 1. The Morgan fingerprint density at radius 3 is 2.42 bits per heavy atom. The molecule has 5 nitrogen and oxygen atoms in total. The van der Waals surface area contributed by atoms with Gasteiger partial charge in [0.05, 0.1) is 12.1 Å². The van der Waals surface area contributed by atoms with Crippen molar-refractivity contribution in [3.63, 3.8) is 0 Å². The van der Waals surface area contributed by atoms with Gasteiger partial charge in [-0.05, 0) is 37.1 Å². The quantitative estimate of drug-likeness (QED) is 0.659. The van der Waals surface area contributed by atoms with Gasteiger partial charge >= 0.3 is 6.03 Å². The zero-order valence-corrected chi connectivity index (χ0v) is 11.9. The molecule has 2 atom stereocenters. The van der Waals surface area contributed by atoms with Crippen molar-refractivity contribution in [2.24, 2.45) is 0 Å². The molecule has 1 aliphatic rings. The number of carbonyl (C=O) groups excluding carboxylic acids is 1. The zero-order valence-electron chi connectivity index (χ0n) is 11.1. The maximum atomic E-state index is 11.8. The van der Waals surface area contributed by atoms with E-state index < -0.39 is 6.10 Å². The molecule has 1 aromatic rings. The fraction of sp³-hybridized carbons (Fsp3) is 0.462. The van der Waals surface area contributed by atoms with Crippen LogP contribution in [0.2, 0.25) is 0 Å². The molecule has 0 bridgehead atoms. The van der Waals surface area contributed by atoms with Crippen LogP contribution in [-0.4, -0.2) is 36.4 Å². The predicted molar refractivity (Wildman–Crippen MR) is 78.0 cm³/mol. The molecule has 2 amide bonds. The molecule has 2 rings (SSSR count). The van der Waals surface area contributed by atoms with E-state index in [0.29, 0.717) is 13.1 Å². The molecule has 0 saturated carbocycles. The summed E-state index contributed by atoms with van der Waals surface area (Å²) < 4.78 is 0. The number of carbonyl (C=O) groups is 1. The second-order valence-electron chi connectivity index (χ2n) is 4.81. The highest BCUT2D eigenvalue weighted by atomic mass is 35.5. The number of benzene rings is 1. The van der Waals surface area contributed by atoms with Crippen LogP contribution in [-0.2, 0) is 0 Å². The van der Waals surface area contributed by atoms with Gasteiger partial charge in [-0.15, -0.1) is 12.4 Å². The molecule has 0 aliphatic carbocycles. The summed E-state index contributed by atoms with van der Waals surface area (Å²) in [7, 11) is 0. The Bertz CT molecular complexity index is 433. The molecule has 0 spiro atoms. The number of hydrogen-bond acceptors (Lipinski definition) is 3. The molecule has 106 valence electrons. The number of hydrogen-bond donors (Lipinski definition) is 4. The van der Waals surface area contributed by atoms with Gasteiger partial charge in [0.15, 0.2) is 0 Å². The molecular weight excluding hydrogens is 266 g/mol. The zero-order chi connectivity index (χ0) is 13.1. The Balaban J connectivity index is 0.00000180. The third-order valence-electron chi connectivity index (χ3n) is 2.98. The SMILES string of the molecule is Cc1cc(C)cc(NC(=O)N[C@@H]2CNC[C@H]2O)c1.Cl. The first-order valence-corrected chi connectivity index (χ1v) is 6.09. The minimum Gasteiger partial charge on any atom is -0.390 e. The van der Waals surface area contributed by atoms with Crippen molar-refractivity contribution in [3.8, 4) is 0 Å². The van der Waals surface area contributed by atoms with Gasteiger partial charge < -0.3 is 21.1 Å². The third-order valence-corrected chi connectivity index (χ3v) is 2.98. The van der Waals surface area contributed by atoms with Crippen molar-refractivity contribution < 1.29 is 9.90 Å². The number of anilines is 1. The minimum absolute atomic E-state index is 0. The Hall–Kier alpha value is -1.30. The second kappa shape index (κ2) is 6.75. The molecule has 6 heteroatoms. The van der Waals surface area contributed by atoms with E-state index >= 15 is 0 Å². The molecule has 1 fully saturated rings. The number of rotatable bonds is 2. The molecule has 1 saturated heterocycles. The van der Waals surface area contributed by atoms with Gasteiger partial charge in [0.25, 0.3) is 0 Å². The van der Waals surface area contributed by atoms with Crippen LogP contribution in [0.25, 0.3) is 0 Å². The first kappa shape index (κ1) is 15.8. The van der Waals surface area contributed by atoms with Crippen LogP contribution in [0.3, 0.4) is 0 Å². The normalized spacial score (nSPS) is 21.6. The van der Waals surface area contributed by atoms with Crippen LogP contribution in [0.5, 0.6) is 0 Å². The molecule has 0 unspecified atom stereocenters. The second-order valence-corrected chi connectivity index (χ2v) is 4.81. The van der Waals surface area contributed by atoms with Crippen molar-refractivity contribution in [2.75, 3.05) is 18.4 Å². The van der Waals surface area contributed by atoms with Gasteiger partial charge in [-0.25, -0.2) is 4.79 Å². The highest BCUT2D eigenvalue weighted by Gasteiger charge is 2.26. The number of amides is 2. The average Bonchev–Trinajstić information content (AvgIpc) is 2.62. The average molecular weight is 286 g/mol. The Kier molecular flexibility index (Phi) is 5.60. The molecule has 4 N–H and O–H groups in total. The molecule has 19 heavy (non-hydrogen) atoms. The van der Waals surface area contributed by atoms with Crippen molar-refractivity contribution in [1.29, 1.82) is 0 Å². The lowest BCUT2D eigenvalue weighted by Gasteiger charge is -2.16. The van der Waals surface area contributed by atoms with E-state index in [1.165, 1.54) is 0 Å². The van der Waals surface area contributed by atoms with E-state index in [9.17, 15) is 9.90 Å². The van der Waals surface area contributed by atoms with Gasteiger partial charge in [0.1, 0.15) is 0 Å². The Morgan fingerprint density at radius 2 is 1.89 bits per heavy atom. The number of aryl methyl sites for hydroxylation is 2.